The molecule has 1 atom stereocenters. The van der Waals surface area contributed by atoms with E-state index in [1.807, 2.05) is 24.3 Å². The number of carbonyl (C=O) groups excluding carboxylic acids is 2. The molecule has 1 aromatic heterocycles. The highest BCUT2D eigenvalue weighted by atomic mass is 16.4. The monoisotopic (exact) mass is 370 g/mol. The van der Waals surface area contributed by atoms with Gasteiger partial charge in [0.15, 0.2) is 5.76 Å². The van der Waals surface area contributed by atoms with Gasteiger partial charge in [0.1, 0.15) is 6.04 Å². The van der Waals surface area contributed by atoms with Gasteiger partial charge < -0.3 is 19.7 Å². The Morgan fingerprint density at radius 3 is 2.52 bits per heavy atom. The Kier molecular flexibility index (Phi) is 5.03. The zero-order valence-electron chi connectivity index (χ0n) is 15.3. The molecule has 0 aliphatic carbocycles. The molecule has 1 unspecified atom stereocenters. The SMILES string of the molecule is CC(C)(CNC(=O)C1Cc2ccccc2CN1C(=O)c1ccco1)C(=O)O. The van der Waals surface area contributed by atoms with Gasteiger partial charge in [0.25, 0.3) is 5.91 Å². The van der Waals surface area contributed by atoms with E-state index in [1.54, 1.807) is 12.1 Å². The molecule has 3 rings (SSSR count). The standard InChI is InChI=1S/C20H22N2O5/c1-20(2,19(25)26)12-21-17(23)15-10-13-6-3-4-7-14(13)11-22(15)18(24)16-8-5-9-27-16/h3-9,15H,10-12H2,1-2H3,(H,21,23)(H,25,26). The molecule has 0 spiro atoms. The van der Waals surface area contributed by atoms with Crippen molar-refractivity contribution in [3.63, 3.8) is 0 Å². The van der Waals surface area contributed by atoms with Gasteiger partial charge in [0.05, 0.1) is 11.7 Å². The fourth-order valence-electron chi connectivity index (χ4n) is 3.01. The number of hydrogen-bond donors (Lipinski definition) is 2. The second-order valence-electron chi connectivity index (χ2n) is 7.31. The lowest BCUT2D eigenvalue weighted by molar-refractivity contribution is -0.147. The number of benzene rings is 1. The van der Waals surface area contributed by atoms with E-state index in [9.17, 15) is 19.5 Å². The molecule has 0 fully saturated rings. The molecule has 0 radical (unpaired) electrons. The van der Waals surface area contributed by atoms with Crippen LogP contribution in [-0.4, -0.2) is 40.4 Å². The Bertz CT molecular complexity index is 857. The van der Waals surface area contributed by atoms with Crippen LogP contribution in [0.15, 0.2) is 47.1 Å². The number of fused-ring (bicyclic) bond motifs is 1. The van der Waals surface area contributed by atoms with Gasteiger partial charge in [-0.25, -0.2) is 0 Å². The Morgan fingerprint density at radius 2 is 1.89 bits per heavy atom. The summed E-state index contributed by atoms with van der Waals surface area (Å²) >= 11 is 0. The fraction of sp³-hybridized carbons (Fsp3) is 0.350. The van der Waals surface area contributed by atoms with E-state index in [-0.39, 0.29) is 30.7 Å². The summed E-state index contributed by atoms with van der Waals surface area (Å²) in [5.41, 5.74) is 0.879. The molecule has 7 heteroatoms. The molecule has 142 valence electrons. The minimum absolute atomic E-state index is 0.0257. The number of furan rings is 1. The summed E-state index contributed by atoms with van der Waals surface area (Å²) in [5, 5.41) is 11.9. The summed E-state index contributed by atoms with van der Waals surface area (Å²) in [5.74, 6) is -1.58. The van der Waals surface area contributed by atoms with E-state index >= 15 is 0 Å². The summed E-state index contributed by atoms with van der Waals surface area (Å²) < 4.78 is 5.21. The van der Waals surface area contributed by atoms with E-state index in [2.05, 4.69) is 5.32 Å². The van der Waals surface area contributed by atoms with Gasteiger partial charge in [-0.1, -0.05) is 24.3 Å². The van der Waals surface area contributed by atoms with Gasteiger partial charge in [-0.3, -0.25) is 14.4 Å². The lowest BCUT2D eigenvalue weighted by Gasteiger charge is -2.36. The third-order valence-corrected chi connectivity index (χ3v) is 4.83. The van der Waals surface area contributed by atoms with Crippen LogP contribution in [-0.2, 0) is 22.6 Å². The van der Waals surface area contributed by atoms with Gasteiger partial charge in [-0.2, -0.15) is 0 Å². The molecule has 2 amide bonds. The Balaban J connectivity index is 1.84. The predicted molar refractivity (Wildman–Crippen MR) is 96.9 cm³/mol. The first-order valence-corrected chi connectivity index (χ1v) is 8.72. The largest absolute Gasteiger partial charge is 0.481 e. The minimum Gasteiger partial charge on any atom is -0.481 e. The van der Waals surface area contributed by atoms with Crippen molar-refractivity contribution in [3.8, 4) is 0 Å². The van der Waals surface area contributed by atoms with Crippen molar-refractivity contribution >= 4 is 17.8 Å². The number of rotatable bonds is 5. The van der Waals surface area contributed by atoms with Gasteiger partial charge in [-0.05, 0) is 37.1 Å². The number of nitrogens with zero attached hydrogens (tertiary/aromatic N) is 1. The number of aliphatic carboxylic acids is 1. The smallest absolute Gasteiger partial charge is 0.310 e. The van der Waals surface area contributed by atoms with Crippen molar-refractivity contribution in [2.24, 2.45) is 5.41 Å². The number of nitrogens with one attached hydrogen (secondary N) is 1. The van der Waals surface area contributed by atoms with Crippen LogP contribution in [0.3, 0.4) is 0 Å². The fourth-order valence-corrected chi connectivity index (χ4v) is 3.01. The second kappa shape index (κ2) is 7.26. The van der Waals surface area contributed by atoms with Crippen LogP contribution >= 0.6 is 0 Å². The van der Waals surface area contributed by atoms with Crippen molar-refractivity contribution in [1.82, 2.24) is 10.2 Å². The molecule has 7 nitrogen and oxygen atoms in total. The number of hydrogen-bond acceptors (Lipinski definition) is 4. The maximum atomic E-state index is 12.9. The van der Waals surface area contributed by atoms with Crippen molar-refractivity contribution in [3.05, 3.63) is 59.5 Å². The van der Waals surface area contributed by atoms with E-state index in [1.165, 1.54) is 25.0 Å². The second-order valence-corrected chi connectivity index (χ2v) is 7.31. The van der Waals surface area contributed by atoms with Crippen molar-refractivity contribution in [2.75, 3.05) is 6.54 Å². The van der Waals surface area contributed by atoms with Gasteiger partial charge in [-0.15, -0.1) is 0 Å². The first kappa shape index (κ1) is 18.7. The van der Waals surface area contributed by atoms with E-state index in [4.69, 9.17) is 4.42 Å². The third-order valence-electron chi connectivity index (χ3n) is 4.83. The molecule has 0 bridgehead atoms. The molecule has 1 aromatic carbocycles. The Morgan fingerprint density at radius 1 is 1.19 bits per heavy atom. The number of carboxylic acid groups (broad SMARTS) is 1. The van der Waals surface area contributed by atoms with Crippen molar-refractivity contribution < 1.29 is 23.9 Å². The molecular formula is C20H22N2O5. The molecule has 0 saturated carbocycles. The predicted octanol–water partition coefficient (Wildman–Crippen LogP) is 2.07. The summed E-state index contributed by atoms with van der Waals surface area (Å²) in [6.45, 7) is 3.34. The first-order valence-electron chi connectivity index (χ1n) is 8.72. The van der Waals surface area contributed by atoms with Gasteiger partial charge in [0.2, 0.25) is 5.91 Å². The summed E-state index contributed by atoms with van der Waals surface area (Å²) in [7, 11) is 0. The normalized spacial score (nSPS) is 16.5. The van der Waals surface area contributed by atoms with E-state index in [0.717, 1.165) is 11.1 Å². The maximum absolute atomic E-state index is 12.9. The number of carboxylic acids is 1. The highest BCUT2D eigenvalue weighted by Gasteiger charge is 2.37. The van der Waals surface area contributed by atoms with Crippen LogP contribution in [0.5, 0.6) is 0 Å². The molecule has 27 heavy (non-hydrogen) atoms. The summed E-state index contributed by atoms with van der Waals surface area (Å²) in [6, 6.07) is 10.1. The highest BCUT2D eigenvalue weighted by molar-refractivity contribution is 5.96. The minimum atomic E-state index is -1.10. The molecule has 2 N–H and O–H groups in total. The zero-order valence-corrected chi connectivity index (χ0v) is 15.3. The zero-order chi connectivity index (χ0) is 19.6. The topological polar surface area (TPSA) is 99.9 Å². The lowest BCUT2D eigenvalue weighted by atomic mass is 9.91. The van der Waals surface area contributed by atoms with Crippen LogP contribution in [0.2, 0.25) is 0 Å². The van der Waals surface area contributed by atoms with Gasteiger partial charge in [0, 0.05) is 19.5 Å². The Hall–Kier alpha value is -3.09. The third kappa shape index (κ3) is 3.86. The van der Waals surface area contributed by atoms with Crippen LogP contribution in [0.25, 0.3) is 0 Å². The number of amides is 2. The molecule has 1 aliphatic heterocycles. The summed E-state index contributed by atoms with van der Waals surface area (Å²) in [6.07, 6.45) is 1.78. The molecule has 0 saturated heterocycles. The highest BCUT2D eigenvalue weighted by Crippen LogP contribution is 2.25. The van der Waals surface area contributed by atoms with Crippen molar-refractivity contribution in [1.29, 1.82) is 0 Å². The summed E-state index contributed by atoms with van der Waals surface area (Å²) in [4.78, 5) is 38.4. The molecular weight excluding hydrogens is 348 g/mol. The Labute approximate surface area is 157 Å². The van der Waals surface area contributed by atoms with E-state index in [0.29, 0.717) is 6.42 Å². The lowest BCUT2D eigenvalue weighted by Crippen LogP contribution is -2.54. The average Bonchev–Trinajstić information content (AvgIpc) is 3.19. The first-order chi connectivity index (χ1) is 12.8. The van der Waals surface area contributed by atoms with Crippen LogP contribution in [0.4, 0.5) is 0 Å². The van der Waals surface area contributed by atoms with Gasteiger partial charge >= 0.3 is 5.97 Å². The van der Waals surface area contributed by atoms with Crippen LogP contribution in [0.1, 0.15) is 35.5 Å². The maximum Gasteiger partial charge on any atom is 0.310 e. The molecule has 1 aliphatic rings. The van der Waals surface area contributed by atoms with Crippen LogP contribution in [0, 0.1) is 5.41 Å². The van der Waals surface area contributed by atoms with Crippen LogP contribution < -0.4 is 5.32 Å². The average molecular weight is 370 g/mol. The number of carbonyl (C=O) groups is 3. The molecule has 2 aromatic rings. The molecule has 2 heterocycles. The van der Waals surface area contributed by atoms with Crippen molar-refractivity contribution in [2.45, 2.75) is 32.9 Å². The quantitative estimate of drug-likeness (QED) is 0.839. The van der Waals surface area contributed by atoms with E-state index < -0.39 is 17.4 Å².